The minimum Gasteiger partial charge on any atom is -0.449 e. The molecule has 3 N–H and O–H groups in total. The van der Waals surface area contributed by atoms with E-state index in [1.165, 1.54) is 16.4 Å². The molecule has 1 aliphatic heterocycles. The lowest BCUT2D eigenvalue weighted by molar-refractivity contribution is -0.114. The summed E-state index contributed by atoms with van der Waals surface area (Å²) in [7, 11) is -3.59. The Morgan fingerprint density at radius 3 is 2.35 bits per heavy atom. The number of carbonyl (C=O) groups is 2. The summed E-state index contributed by atoms with van der Waals surface area (Å²) in [6, 6.07) is 13.0. The number of hydrogen-bond donors (Lipinski definition) is 3. The molecule has 3 rings (SSSR count). The lowest BCUT2D eigenvalue weighted by Crippen LogP contribution is -2.40. The van der Waals surface area contributed by atoms with Crippen LogP contribution in [0.5, 0.6) is 0 Å². The number of morpholine rings is 1. The number of anilines is 3. The van der Waals surface area contributed by atoms with Crippen molar-refractivity contribution in [2.24, 2.45) is 5.92 Å². The lowest BCUT2D eigenvalue weighted by atomic mass is 10.2. The van der Waals surface area contributed by atoms with Crippen molar-refractivity contribution in [2.45, 2.75) is 18.7 Å². The smallest absolute Gasteiger partial charge is 0.411 e. The van der Waals surface area contributed by atoms with Crippen LogP contribution in [0.25, 0.3) is 0 Å². The van der Waals surface area contributed by atoms with E-state index in [4.69, 9.17) is 9.47 Å². The molecule has 2 amide bonds. The number of benzene rings is 2. The van der Waals surface area contributed by atoms with E-state index < -0.39 is 16.1 Å². The highest BCUT2D eigenvalue weighted by Gasteiger charge is 2.26. The molecular weight excluding hydrogens is 460 g/mol. The molecule has 0 saturated carbocycles. The van der Waals surface area contributed by atoms with E-state index >= 15 is 0 Å². The minimum atomic E-state index is -3.59. The zero-order chi connectivity index (χ0) is 24.6. The largest absolute Gasteiger partial charge is 0.449 e. The number of nitrogens with zero attached hydrogens (tertiary/aromatic N) is 1. The van der Waals surface area contributed by atoms with Crippen LogP contribution in [0.1, 0.15) is 13.8 Å². The van der Waals surface area contributed by atoms with Crippen LogP contribution < -0.4 is 16.0 Å². The van der Waals surface area contributed by atoms with Gasteiger partial charge in [0.2, 0.25) is 15.9 Å². The molecule has 2 aromatic rings. The van der Waals surface area contributed by atoms with Gasteiger partial charge >= 0.3 is 6.09 Å². The fourth-order valence-corrected chi connectivity index (χ4v) is 4.54. The van der Waals surface area contributed by atoms with E-state index in [0.29, 0.717) is 50.0 Å². The normalized spacial score (nSPS) is 14.4. The van der Waals surface area contributed by atoms with Crippen LogP contribution in [-0.4, -0.2) is 64.2 Å². The fraction of sp³-hybridized carbons (Fsp3) is 0.391. The number of sulfonamides is 1. The Morgan fingerprint density at radius 2 is 1.68 bits per heavy atom. The Bertz CT molecular complexity index is 1080. The quantitative estimate of drug-likeness (QED) is 0.493. The first-order valence-corrected chi connectivity index (χ1v) is 12.4. The van der Waals surface area contributed by atoms with E-state index in [1.54, 1.807) is 36.4 Å². The summed E-state index contributed by atoms with van der Waals surface area (Å²) in [5.41, 5.74) is 1.66. The van der Waals surface area contributed by atoms with Crippen molar-refractivity contribution in [3.63, 3.8) is 0 Å². The van der Waals surface area contributed by atoms with Gasteiger partial charge in [-0.25, -0.2) is 13.2 Å². The van der Waals surface area contributed by atoms with Crippen molar-refractivity contribution in [1.82, 2.24) is 4.31 Å². The molecular formula is C23H30N4O6S. The van der Waals surface area contributed by atoms with E-state index in [1.807, 2.05) is 13.8 Å². The highest BCUT2D eigenvalue weighted by molar-refractivity contribution is 7.89. The van der Waals surface area contributed by atoms with E-state index in [2.05, 4.69) is 16.0 Å². The van der Waals surface area contributed by atoms with Crippen LogP contribution in [0.2, 0.25) is 0 Å². The lowest BCUT2D eigenvalue weighted by Gasteiger charge is -2.26. The van der Waals surface area contributed by atoms with Crippen molar-refractivity contribution < 1.29 is 27.5 Å². The molecule has 0 aromatic heterocycles. The standard InChI is InChI=1S/C23H30N4O6S/c1-17(2)16-33-23(29)26-20-5-3-4-19(14-20)24-15-22(28)25-18-6-8-21(9-7-18)34(30,31)27-10-12-32-13-11-27/h3-9,14,17,24H,10-13,15-16H2,1-2H3,(H,25,28)(H,26,29). The van der Waals surface area contributed by atoms with E-state index in [9.17, 15) is 18.0 Å². The Hall–Kier alpha value is -3.15. The van der Waals surface area contributed by atoms with Crippen molar-refractivity contribution >= 4 is 39.1 Å². The average molecular weight is 491 g/mol. The first-order valence-electron chi connectivity index (χ1n) is 11.0. The molecule has 1 aliphatic rings. The maximum atomic E-state index is 12.7. The molecule has 2 aromatic carbocycles. The second-order valence-corrected chi connectivity index (χ2v) is 10.1. The highest BCUT2D eigenvalue weighted by Crippen LogP contribution is 2.20. The van der Waals surface area contributed by atoms with Crippen LogP contribution >= 0.6 is 0 Å². The molecule has 0 spiro atoms. The molecule has 34 heavy (non-hydrogen) atoms. The van der Waals surface area contributed by atoms with Gasteiger partial charge in [0.25, 0.3) is 0 Å². The number of hydrogen-bond acceptors (Lipinski definition) is 7. The first kappa shape index (κ1) is 25.5. The summed E-state index contributed by atoms with van der Waals surface area (Å²) in [6.07, 6.45) is -0.539. The molecule has 11 heteroatoms. The predicted molar refractivity (Wildman–Crippen MR) is 129 cm³/mol. The SMILES string of the molecule is CC(C)COC(=O)Nc1cccc(NCC(=O)Nc2ccc(S(=O)(=O)N3CCOCC3)cc2)c1. The van der Waals surface area contributed by atoms with Crippen LogP contribution in [0.15, 0.2) is 53.4 Å². The Kier molecular flexibility index (Phi) is 8.85. The number of nitrogens with one attached hydrogen (secondary N) is 3. The molecule has 0 bridgehead atoms. The van der Waals surface area contributed by atoms with Crippen LogP contribution in [0, 0.1) is 5.92 Å². The second-order valence-electron chi connectivity index (χ2n) is 8.14. The first-order chi connectivity index (χ1) is 16.2. The summed E-state index contributed by atoms with van der Waals surface area (Å²) in [6.45, 7) is 5.60. The van der Waals surface area contributed by atoms with E-state index in [0.717, 1.165) is 0 Å². The number of carbonyl (C=O) groups excluding carboxylic acids is 2. The van der Waals surface area contributed by atoms with Gasteiger partial charge in [-0.15, -0.1) is 0 Å². The molecule has 1 saturated heterocycles. The average Bonchev–Trinajstić information content (AvgIpc) is 2.82. The predicted octanol–water partition coefficient (Wildman–Crippen LogP) is 2.96. The molecule has 1 fully saturated rings. The van der Waals surface area contributed by atoms with Crippen molar-refractivity contribution in [3.8, 4) is 0 Å². The Labute approximate surface area is 199 Å². The summed E-state index contributed by atoms with van der Waals surface area (Å²) in [5.74, 6) is -0.0684. The van der Waals surface area contributed by atoms with Gasteiger partial charge < -0.3 is 20.1 Å². The third-order valence-corrected chi connectivity index (χ3v) is 6.77. The molecule has 0 aliphatic carbocycles. The molecule has 0 unspecified atom stereocenters. The third kappa shape index (κ3) is 7.44. The number of rotatable bonds is 9. The molecule has 10 nitrogen and oxygen atoms in total. The zero-order valence-corrected chi connectivity index (χ0v) is 20.1. The fourth-order valence-electron chi connectivity index (χ4n) is 3.14. The Morgan fingerprint density at radius 1 is 1.00 bits per heavy atom. The highest BCUT2D eigenvalue weighted by atomic mass is 32.2. The van der Waals surface area contributed by atoms with Crippen molar-refractivity contribution in [3.05, 3.63) is 48.5 Å². The summed E-state index contributed by atoms with van der Waals surface area (Å²) in [5, 5.41) is 8.36. The zero-order valence-electron chi connectivity index (χ0n) is 19.2. The molecule has 1 heterocycles. The molecule has 0 atom stereocenters. The van der Waals surface area contributed by atoms with Gasteiger partial charge in [0.1, 0.15) is 0 Å². The molecule has 0 radical (unpaired) electrons. The van der Waals surface area contributed by atoms with Crippen molar-refractivity contribution in [2.75, 3.05) is 55.4 Å². The summed E-state index contributed by atoms with van der Waals surface area (Å²) >= 11 is 0. The van der Waals surface area contributed by atoms with Gasteiger partial charge in [0.15, 0.2) is 0 Å². The van der Waals surface area contributed by atoms with Gasteiger partial charge in [-0.1, -0.05) is 19.9 Å². The maximum absolute atomic E-state index is 12.7. The van der Waals surface area contributed by atoms with E-state index in [-0.39, 0.29) is 23.3 Å². The monoisotopic (exact) mass is 490 g/mol. The number of ether oxygens (including phenoxy) is 2. The van der Waals surface area contributed by atoms with Crippen LogP contribution in [0.4, 0.5) is 21.9 Å². The van der Waals surface area contributed by atoms with Gasteiger partial charge in [0.05, 0.1) is 31.3 Å². The summed E-state index contributed by atoms with van der Waals surface area (Å²) < 4.78 is 37.1. The number of amides is 2. The summed E-state index contributed by atoms with van der Waals surface area (Å²) in [4.78, 5) is 24.3. The van der Waals surface area contributed by atoms with Gasteiger partial charge in [-0.05, 0) is 48.4 Å². The molecule has 184 valence electrons. The topological polar surface area (TPSA) is 126 Å². The minimum absolute atomic E-state index is 0.0188. The van der Waals surface area contributed by atoms with Gasteiger partial charge in [-0.3, -0.25) is 10.1 Å². The van der Waals surface area contributed by atoms with Gasteiger partial charge in [-0.2, -0.15) is 4.31 Å². The van der Waals surface area contributed by atoms with Gasteiger partial charge in [0, 0.05) is 30.2 Å². The Balaban J connectivity index is 1.50. The van der Waals surface area contributed by atoms with Crippen molar-refractivity contribution in [1.29, 1.82) is 0 Å². The maximum Gasteiger partial charge on any atom is 0.411 e. The third-order valence-electron chi connectivity index (χ3n) is 4.86. The van der Waals surface area contributed by atoms with Crippen LogP contribution in [-0.2, 0) is 24.3 Å². The van der Waals surface area contributed by atoms with Crippen LogP contribution in [0.3, 0.4) is 0 Å². The second kappa shape index (κ2) is 11.8.